The van der Waals surface area contributed by atoms with Crippen molar-refractivity contribution in [3.63, 3.8) is 0 Å². The van der Waals surface area contributed by atoms with Crippen LogP contribution in [-0.2, 0) is 16.4 Å². The van der Waals surface area contributed by atoms with Gasteiger partial charge in [0.25, 0.3) is 0 Å². The second-order valence-corrected chi connectivity index (χ2v) is 8.16. The van der Waals surface area contributed by atoms with Crippen LogP contribution in [0.5, 0.6) is 17.2 Å². The molecule has 6 nitrogen and oxygen atoms in total. The molecule has 7 heteroatoms. The van der Waals surface area contributed by atoms with Gasteiger partial charge in [-0.15, -0.1) is 0 Å². The van der Waals surface area contributed by atoms with Gasteiger partial charge in [0.05, 0.1) is 26.2 Å². The van der Waals surface area contributed by atoms with Crippen LogP contribution >= 0.6 is 0 Å². The van der Waals surface area contributed by atoms with Crippen molar-refractivity contribution in [2.45, 2.75) is 31.1 Å². The highest BCUT2D eigenvalue weighted by Gasteiger charge is 2.17. The third kappa shape index (κ3) is 5.14. The molecule has 0 aromatic heterocycles. The highest BCUT2D eigenvalue weighted by Crippen LogP contribution is 2.29. The molecule has 2 rings (SSSR count). The Morgan fingerprint density at radius 1 is 0.889 bits per heavy atom. The third-order valence-corrected chi connectivity index (χ3v) is 5.75. The average molecular weight is 394 g/mol. The first-order valence-corrected chi connectivity index (χ1v) is 10.2. The maximum absolute atomic E-state index is 12.6. The minimum atomic E-state index is -3.60. The van der Waals surface area contributed by atoms with Crippen LogP contribution in [0, 0.1) is 0 Å². The second kappa shape index (κ2) is 9.10. The number of methoxy groups -OCH3 is 3. The quantitative estimate of drug-likeness (QED) is 0.707. The summed E-state index contributed by atoms with van der Waals surface area (Å²) >= 11 is 0. The molecule has 0 aliphatic carbocycles. The van der Waals surface area contributed by atoms with Crippen LogP contribution in [0.25, 0.3) is 0 Å². The summed E-state index contributed by atoms with van der Waals surface area (Å²) in [7, 11) is 1.12. The van der Waals surface area contributed by atoms with Gasteiger partial charge >= 0.3 is 0 Å². The predicted molar refractivity (Wildman–Crippen MR) is 106 cm³/mol. The van der Waals surface area contributed by atoms with E-state index in [0.29, 0.717) is 23.7 Å². The fraction of sp³-hybridized carbons (Fsp3) is 0.400. The number of rotatable bonds is 9. The summed E-state index contributed by atoms with van der Waals surface area (Å²) < 4.78 is 43.7. The van der Waals surface area contributed by atoms with Crippen molar-refractivity contribution in [3.05, 3.63) is 47.5 Å². The Hall–Kier alpha value is -2.25. The number of nitrogens with one attached hydrogen (secondary N) is 1. The van der Waals surface area contributed by atoms with Gasteiger partial charge < -0.3 is 14.2 Å². The standard InChI is InChI=1S/C20H27NO5S/c1-14(2)17-13-16(7-9-18(17)24-3)27(22,23)21-11-10-15-6-8-19(25-4)20(12-15)26-5/h6-9,12-14,21H,10-11H2,1-5H3. The molecule has 0 aliphatic rings. The first-order valence-electron chi connectivity index (χ1n) is 8.71. The van der Waals surface area contributed by atoms with Crippen LogP contribution in [0.2, 0.25) is 0 Å². The van der Waals surface area contributed by atoms with Crippen LogP contribution in [0.1, 0.15) is 30.9 Å². The molecule has 0 amide bonds. The maximum Gasteiger partial charge on any atom is 0.240 e. The molecular weight excluding hydrogens is 366 g/mol. The van der Waals surface area contributed by atoms with E-state index in [-0.39, 0.29) is 17.4 Å². The van der Waals surface area contributed by atoms with Gasteiger partial charge in [0.2, 0.25) is 10.0 Å². The Bertz CT molecular complexity index is 878. The summed E-state index contributed by atoms with van der Waals surface area (Å²) in [5, 5.41) is 0. The molecule has 0 unspecified atom stereocenters. The van der Waals surface area contributed by atoms with Gasteiger partial charge in [-0.2, -0.15) is 0 Å². The highest BCUT2D eigenvalue weighted by molar-refractivity contribution is 7.89. The van der Waals surface area contributed by atoms with E-state index in [1.54, 1.807) is 45.6 Å². The Balaban J connectivity index is 2.10. The zero-order valence-corrected chi connectivity index (χ0v) is 17.2. The van der Waals surface area contributed by atoms with Crippen molar-refractivity contribution in [1.29, 1.82) is 0 Å². The summed E-state index contributed by atoms with van der Waals surface area (Å²) in [6, 6.07) is 10.5. The molecule has 0 aliphatic heterocycles. The molecule has 0 bridgehead atoms. The average Bonchev–Trinajstić information content (AvgIpc) is 2.66. The van der Waals surface area contributed by atoms with Gasteiger partial charge in [-0.3, -0.25) is 0 Å². The Morgan fingerprint density at radius 2 is 1.52 bits per heavy atom. The molecule has 148 valence electrons. The maximum atomic E-state index is 12.6. The molecule has 2 aromatic rings. The third-order valence-electron chi connectivity index (χ3n) is 4.29. The molecule has 1 N–H and O–H groups in total. The van der Waals surface area contributed by atoms with Gasteiger partial charge in [0.15, 0.2) is 11.5 Å². The lowest BCUT2D eigenvalue weighted by Crippen LogP contribution is -2.26. The summed E-state index contributed by atoms with van der Waals surface area (Å²) in [6.45, 7) is 4.28. The minimum Gasteiger partial charge on any atom is -0.496 e. The van der Waals surface area contributed by atoms with E-state index in [2.05, 4.69) is 4.72 Å². The highest BCUT2D eigenvalue weighted by atomic mass is 32.2. The van der Waals surface area contributed by atoms with Crippen molar-refractivity contribution in [1.82, 2.24) is 4.72 Å². The Labute approximate surface area is 161 Å². The van der Waals surface area contributed by atoms with Crippen LogP contribution in [0.15, 0.2) is 41.3 Å². The molecule has 0 saturated carbocycles. The SMILES string of the molecule is COc1ccc(CCNS(=O)(=O)c2ccc(OC)c(C(C)C)c2)cc1OC. The molecule has 0 heterocycles. The molecule has 2 aromatic carbocycles. The number of hydrogen-bond acceptors (Lipinski definition) is 5. The van der Waals surface area contributed by atoms with Crippen LogP contribution in [0.4, 0.5) is 0 Å². The van der Waals surface area contributed by atoms with E-state index >= 15 is 0 Å². The first-order chi connectivity index (χ1) is 12.8. The first kappa shape index (κ1) is 21.1. The number of hydrogen-bond donors (Lipinski definition) is 1. The smallest absolute Gasteiger partial charge is 0.240 e. The molecular formula is C20H27NO5S. The topological polar surface area (TPSA) is 73.9 Å². The van der Waals surface area contributed by atoms with Crippen LogP contribution in [0.3, 0.4) is 0 Å². The van der Waals surface area contributed by atoms with Gasteiger partial charge in [-0.25, -0.2) is 13.1 Å². The monoisotopic (exact) mass is 393 g/mol. The molecule has 0 fully saturated rings. The predicted octanol–water partition coefficient (Wildman–Crippen LogP) is 3.36. The van der Waals surface area contributed by atoms with E-state index in [9.17, 15) is 8.42 Å². The van der Waals surface area contributed by atoms with Crippen molar-refractivity contribution in [2.75, 3.05) is 27.9 Å². The van der Waals surface area contributed by atoms with E-state index in [1.165, 1.54) is 0 Å². The molecule has 0 radical (unpaired) electrons. The summed E-state index contributed by atoms with van der Waals surface area (Å²) in [4.78, 5) is 0.235. The van der Waals surface area contributed by atoms with Crippen molar-refractivity contribution >= 4 is 10.0 Å². The van der Waals surface area contributed by atoms with E-state index in [4.69, 9.17) is 14.2 Å². The lowest BCUT2D eigenvalue weighted by Gasteiger charge is -2.14. The number of sulfonamides is 1. The van der Waals surface area contributed by atoms with E-state index < -0.39 is 10.0 Å². The minimum absolute atomic E-state index is 0.155. The van der Waals surface area contributed by atoms with E-state index in [1.807, 2.05) is 26.0 Å². The van der Waals surface area contributed by atoms with Crippen LogP contribution in [-0.4, -0.2) is 36.3 Å². The van der Waals surface area contributed by atoms with E-state index in [0.717, 1.165) is 11.1 Å². The largest absolute Gasteiger partial charge is 0.496 e. The van der Waals surface area contributed by atoms with Crippen molar-refractivity contribution in [3.8, 4) is 17.2 Å². The Morgan fingerprint density at radius 3 is 2.11 bits per heavy atom. The van der Waals surface area contributed by atoms with Gasteiger partial charge in [-0.05, 0) is 53.8 Å². The van der Waals surface area contributed by atoms with Crippen LogP contribution < -0.4 is 18.9 Å². The van der Waals surface area contributed by atoms with Crippen molar-refractivity contribution < 1.29 is 22.6 Å². The summed E-state index contributed by atoms with van der Waals surface area (Å²) in [5.41, 5.74) is 1.81. The fourth-order valence-electron chi connectivity index (χ4n) is 2.78. The zero-order valence-electron chi connectivity index (χ0n) is 16.4. The van der Waals surface area contributed by atoms with Gasteiger partial charge in [0, 0.05) is 6.54 Å². The number of ether oxygens (including phenoxy) is 3. The number of benzene rings is 2. The zero-order chi connectivity index (χ0) is 20.0. The molecule has 0 saturated heterocycles. The molecule has 0 atom stereocenters. The lowest BCUT2D eigenvalue weighted by molar-refractivity contribution is 0.354. The fourth-order valence-corrected chi connectivity index (χ4v) is 3.85. The van der Waals surface area contributed by atoms with Gasteiger partial charge in [0.1, 0.15) is 5.75 Å². The van der Waals surface area contributed by atoms with Crippen molar-refractivity contribution in [2.24, 2.45) is 0 Å². The lowest BCUT2D eigenvalue weighted by atomic mass is 10.0. The molecule has 27 heavy (non-hydrogen) atoms. The summed E-state index contributed by atoms with van der Waals surface area (Å²) in [5.74, 6) is 2.10. The van der Waals surface area contributed by atoms with Gasteiger partial charge in [-0.1, -0.05) is 19.9 Å². The second-order valence-electron chi connectivity index (χ2n) is 6.40. The summed E-state index contributed by atoms with van der Waals surface area (Å²) in [6.07, 6.45) is 0.535. The molecule has 0 spiro atoms. The Kier molecular flexibility index (Phi) is 7.10. The normalized spacial score (nSPS) is 11.5.